The second-order valence-electron chi connectivity index (χ2n) is 5.72. The average molecular weight is 316 g/mol. The fourth-order valence-corrected chi connectivity index (χ4v) is 2.89. The van der Waals surface area contributed by atoms with Crippen LogP contribution in [-0.4, -0.2) is 11.0 Å². The Hall–Kier alpha value is -1.30. The molecule has 0 aliphatic heterocycles. The monoisotopic (exact) mass is 316 g/mol. The molecular weight excluding hydrogens is 297 g/mol. The number of anilines is 1. The first-order valence-corrected chi connectivity index (χ1v) is 7.46. The predicted molar refractivity (Wildman–Crippen MR) is 82.4 cm³/mol. The Kier molecular flexibility index (Phi) is 4.76. The normalized spacial score (nSPS) is 22.9. The number of hydrogen-bond acceptors (Lipinski definition) is 2. The molecule has 1 fully saturated rings. The molecule has 6 heteroatoms. The van der Waals surface area contributed by atoms with Crippen molar-refractivity contribution >= 4 is 22.9 Å². The van der Waals surface area contributed by atoms with Crippen molar-refractivity contribution in [1.29, 1.82) is 0 Å². The van der Waals surface area contributed by atoms with Gasteiger partial charge in [-0.1, -0.05) is 19.1 Å². The molecule has 116 valence electrons. The highest BCUT2D eigenvalue weighted by molar-refractivity contribution is 7.80. The summed E-state index contributed by atoms with van der Waals surface area (Å²) in [4.78, 5) is -0.233. The molecule has 0 heterocycles. The lowest BCUT2D eigenvalue weighted by atomic mass is 9.87. The molecule has 0 aromatic heterocycles. The Bertz CT molecular complexity index is 520. The van der Waals surface area contributed by atoms with Crippen LogP contribution in [0.15, 0.2) is 18.2 Å². The van der Waals surface area contributed by atoms with E-state index >= 15 is 0 Å². The number of nitrogens with two attached hydrogens (primary N) is 1. The average Bonchev–Trinajstić information content (AvgIpc) is 2.40. The van der Waals surface area contributed by atoms with E-state index in [1.165, 1.54) is 12.1 Å². The number of hydrogen-bond donors (Lipinski definition) is 2. The largest absolute Gasteiger partial charge is 0.417 e. The highest BCUT2D eigenvalue weighted by Crippen LogP contribution is 2.34. The van der Waals surface area contributed by atoms with Crippen LogP contribution in [0, 0.1) is 5.92 Å². The van der Waals surface area contributed by atoms with E-state index < -0.39 is 11.7 Å². The lowest BCUT2D eigenvalue weighted by Gasteiger charge is -2.28. The van der Waals surface area contributed by atoms with E-state index in [9.17, 15) is 13.2 Å². The van der Waals surface area contributed by atoms with Crippen molar-refractivity contribution in [2.75, 3.05) is 5.32 Å². The van der Waals surface area contributed by atoms with E-state index in [0.717, 1.165) is 37.7 Å². The number of thiocarbonyl (C=S) groups is 1. The van der Waals surface area contributed by atoms with Crippen molar-refractivity contribution in [3.8, 4) is 0 Å². The maximum Gasteiger partial charge on any atom is 0.417 e. The van der Waals surface area contributed by atoms with Crippen LogP contribution in [0.4, 0.5) is 18.9 Å². The maximum atomic E-state index is 12.9. The Balaban J connectivity index is 2.18. The molecule has 1 saturated carbocycles. The van der Waals surface area contributed by atoms with Crippen LogP contribution in [-0.2, 0) is 6.18 Å². The van der Waals surface area contributed by atoms with Crippen molar-refractivity contribution in [3.05, 3.63) is 29.3 Å². The summed E-state index contributed by atoms with van der Waals surface area (Å²) in [5.41, 5.74) is 5.18. The molecule has 0 amide bonds. The Morgan fingerprint density at radius 1 is 1.24 bits per heavy atom. The summed E-state index contributed by atoms with van der Waals surface area (Å²) in [7, 11) is 0. The molecule has 3 N–H and O–H groups in total. The van der Waals surface area contributed by atoms with E-state index in [1.807, 2.05) is 0 Å². The van der Waals surface area contributed by atoms with Gasteiger partial charge in [-0.25, -0.2) is 0 Å². The summed E-state index contributed by atoms with van der Waals surface area (Å²) in [6.45, 7) is 2.22. The molecule has 2 rings (SSSR count). The predicted octanol–water partition coefficient (Wildman–Crippen LogP) is 4.33. The van der Waals surface area contributed by atoms with Gasteiger partial charge < -0.3 is 11.1 Å². The highest BCUT2D eigenvalue weighted by Gasteiger charge is 2.34. The quantitative estimate of drug-likeness (QED) is 0.815. The molecule has 21 heavy (non-hydrogen) atoms. The van der Waals surface area contributed by atoms with E-state index in [-0.39, 0.29) is 10.6 Å². The topological polar surface area (TPSA) is 38.0 Å². The number of benzene rings is 1. The van der Waals surface area contributed by atoms with Gasteiger partial charge in [0.15, 0.2) is 0 Å². The van der Waals surface area contributed by atoms with E-state index in [0.29, 0.717) is 11.7 Å². The van der Waals surface area contributed by atoms with Crippen LogP contribution < -0.4 is 11.1 Å². The van der Waals surface area contributed by atoms with Gasteiger partial charge in [0.05, 0.1) is 5.56 Å². The van der Waals surface area contributed by atoms with Crippen molar-refractivity contribution < 1.29 is 13.2 Å². The fourth-order valence-electron chi connectivity index (χ4n) is 2.73. The molecule has 1 aromatic carbocycles. The van der Waals surface area contributed by atoms with Crippen LogP contribution in [0.3, 0.4) is 0 Å². The van der Waals surface area contributed by atoms with Crippen LogP contribution in [0.1, 0.15) is 43.7 Å². The van der Waals surface area contributed by atoms with Crippen molar-refractivity contribution in [2.24, 2.45) is 11.7 Å². The smallest absolute Gasteiger partial charge is 0.389 e. The van der Waals surface area contributed by atoms with E-state index in [2.05, 4.69) is 12.2 Å². The summed E-state index contributed by atoms with van der Waals surface area (Å²) >= 11 is 4.75. The molecule has 0 bridgehead atoms. The number of halogens is 3. The molecule has 1 aliphatic rings. The maximum absolute atomic E-state index is 12.9. The van der Waals surface area contributed by atoms with Gasteiger partial charge in [-0.15, -0.1) is 0 Å². The molecule has 0 unspecified atom stereocenters. The Labute approximate surface area is 127 Å². The summed E-state index contributed by atoms with van der Waals surface area (Å²) in [6, 6.07) is 4.20. The summed E-state index contributed by atoms with van der Waals surface area (Å²) in [5, 5.41) is 3.29. The van der Waals surface area contributed by atoms with Crippen molar-refractivity contribution in [2.45, 2.75) is 44.8 Å². The molecule has 0 saturated heterocycles. The number of rotatable bonds is 3. The van der Waals surface area contributed by atoms with Crippen LogP contribution in [0.5, 0.6) is 0 Å². The number of alkyl halides is 3. The van der Waals surface area contributed by atoms with Gasteiger partial charge in [-0.05, 0) is 49.8 Å². The third kappa shape index (κ3) is 4.09. The first-order chi connectivity index (χ1) is 9.77. The van der Waals surface area contributed by atoms with Gasteiger partial charge in [0, 0.05) is 17.3 Å². The molecule has 0 atom stereocenters. The molecule has 1 aliphatic carbocycles. The SMILES string of the molecule is CC1CCC(Nc2ccc(C(F)(F)F)c(C(N)=S)c2)CC1. The van der Waals surface area contributed by atoms with Crippen LogP contribution in [0.25, 0.3) is 0 Å². The van der Waals surface area contributed by atoms with E-state index in [4.69, 9.17) is 18.0 Å². The second kappa shape index (κ2) is 6.22. The van der Waals surface area contributed by atoms with Gasteiger partial charge in [0.2, 0.25) is 0 Å². The van der Waals surface area contributed by atoms with Gasteiger partial charge in [-0.2, -0.15) is 13.2 Å². The minimum Gasteiger partial charge on any atom is -0.389 e. The Morgan fingerprint density at radius 2 is 1.86 bits per heavy atom. The van der Waals surface area contributed by atoms with Gasteiger partial charge in [0.25, 0.3) is 0 Å². The summed E-state index contributed by atoms with van der Waals surface area (Å²) in [5.74, 6) is 0.725. The van der Waals surface area contributed by atoms with Gasteiger partial charge in [-0.3, -0.25) is 0 Å². The molecule has 0 spiro atoms. The van der Waals surface area contributed by atoms with Gasteiger partial charge in [0.1, 0.15) is 4.99 Å². The number of nitrogens with one attached hydrogen (secondary N) is 1. The summed E-state index contributed by atoms with van der Waals surface area (Å²) < 4.78 is 38.7. The zero-order valence-electron chi connectivity index (χ0n) is 11.8. The van der Waals surface area contributed by atoms with Crippen molar-refractivity contribution in [1.82, 2.24) is 0 Å². The standard InChI is InChI=1S/C15H19F3N2S/c1-9-2-4-10(5-3-9)20-11-6-7-13(15(16,17)18)12(8-11)14(19)21/h6-10,20H,2-5H2,1H3,(H2,19,21). The third-order valence-corrected chi connectivity index (χ3v) is 4.20. The zero-order chi connectivity index (χ0) is 15.6. The molecule has 2 nitrogen and oxygen atoms in total. The molecule has 0 radical (unpaired) electrons. The fraction of sp³-hybridized carbons (Fsp3) is 0.533. The lowest BCUT2D eigenvalue weighted by molar-refractivity contribution is -0.137. The van der Waals surface area contributed by atoms with Crippen LogP contribution >= 0.6 is 12.2 Å². The minimum atomic E-state index is -4.45. The highest BCUT2D eigenvalue weighted by atomic mass is 32.1. The lowest BCUT2D eigenvalue weighted by Crippen LogP contribution is -2.25. The first kappa shape index (κ1) is 16.1. The third-order valence-electron chi connectivity index (χ3n) is 3.98. The first-order valence-electron chi connectivity index (χ1n) is 7.05. The van der Waals surface area contributed by atoms with Crippen molar-refractivity contribution in [3.63, 3.8) is 0 Å². The van der Waals surface area contributed by atoms with Gasteiger partial charge >= 0.3 is 6.18 Å². The molecular formula is C15H19F3N2S. The summed E-state index contributed by atoms with van der Waals surface area (Å²) in [6.07, 6.45) is -0.104. The van der Waals surface area contributed by atoms with E-state index in [1.54, 1.807) is 0 Å². The molecule has 1 aromatic rings. The Morgan fingerprint density at radius 3 is 2.38 bits per heavy atom. The minimum absolute atomic E-state index is 0.119. The van der Waals surface area contributed by atoms with Crippen LogP contribution in [0.2, 0.25) is 0 Å². The second-order valence-corrected chi connectivity index (χ2v) is 6.16. The zero-order valence-corrected chi connectivity index (χ0v) is 12.7.